The topological polar surface area (TPSA) is 71.0 Å². The van der Waals surface area contributed by atoms with Crippen molar-refractivity contribution in [3.05, 3.63) is 28.8 Å². The van der Waals surface area contributed by atoms with Crippen LogP contribution >= 0.6 is 15.9 Å². The number of carbonyl (C=O) groups is 1. The molecule has 0 saturated carbocycles. The standard InChI is InChI=1S/C17H23BrN2O4/c1-4-7-20-8-5-6-11(20)10-19-17(22)14-15(21)12(18)9-13(23-2)16(14)24-3/h4,9,11,21H,1,5-8,10H2,2-3H3,(H,19,22). The summed E-state index contributed by atoms with van der Waals surface area (Å²) < 4.78 is 10.9. The van der Waals surface area contributed by atoms with Crippen molar-refractivity contribution in [3.63, 3.8) is 0 Å². The largest absolute Gasteiger partial charge is 0.506 e. The summed E-state index contributed by atoms with van der Waals surface area (Å²) in [6.45, 7) is 6.08. The number of likely N-dealkylation sites (tertiary alicyclic amines) is 1. The van der Waals surface area contributed by atoms with Gasteiger partial charge in [-0.2, -0.15) is 0 Å². The number of ether oxygens (including phenoxy) is 2. The number of halogens is 1. The third-order valence-corrected chi connectivity index (χ3v) is 4.79. The lowest BCUT2D eigenvalue weighted by Gasteiger charge is -2.23. The lowest BCUT2D eigenvalue weighted by Crippen LogP contribution is -2.40. The molecule has 1 saturated heterocycles. The van der Waals surface area contributed by atoms with Gasteiger partial charge in [-0.3, -0.25) is 9.69 Å². The Bertz CT molecular complexity index is 621. The van der Waals surface area contributed by atoms with Crippen LogP contribution < -0.4 is 14.8 Å². The molecule has 6 nitrogen and oxygen atoms in total. The average Bonchev–Trinajstić information content (AvgIpc) is 3.02. The van der Waals surface area contributed by atoms with E-state index >= 15 is 0 Å². The third-order valence-electron chi connectivity index (χ3n) is 4.18. The molecule has 1 unspecified atom stereocenters. The molecule has 1 aromatic rings. The van der Waals surface area contributed by atoms with Crippen molar-refractivity contribution in [2.24, 2.45) is 0 Å². The Kier molecular flexibility index (Phi) is 6.51. The number of methoxy groups -OCH3 is 2. The molecule has 1 aliphatic rings. The van der Waals surface area contributed by atoms with Crippen molar-refractivity contribution in [1.82, 2.24) is 10.2 Å². The smallest absolute Gasteiger partial charge is 0.259 e. The van der Waals surface area contributed by atoms with E-state index in [1.54, 1.807) is 6.07 Å². The van der Waals surface area contributed by atoms with Crippen LogP contribution in [0.2, 0.25) is 0 Å². The quantitative estimate of drug-likeness (QED) is 0.690. The van der Waals surface area contributed by atoms with Gasteiger partial charge in [0.2, 0.25) is 0 Å². The zero-order valence-electron chi connectivity index (χ0n) is 14.0. The molecule has 0 bridgehead atoms. The molecule has 1 aromatic carbocycles. The van der Waals surface area contributed by atoms with E-state index in [4.69, 9.17) is 9.47 Å². The Hall–Kier alpha value is -1.73. The minimum absolute atomic E-state index is 0.0667. The summed E-state index contributed by atoms with van der Waals surface area (Å²) in [5.41, 5.74) is 0.0667. The Balaban J connectivity index is 2.17. The molecule has 0 spiro atoms. The van der Waals surface area contributed by atoms with Crippen molar-refractivity contribution < 1.29 is 19.4 Å². The van der Waals surface area contributed by atoms with Crippen LogP contribution in [0, 0.1) is 0 Å². The first-order chi connectivity index (χ1) is 11.5. The molecule has 2 N–H and O–H groups in total. The van der Waals surface area contributed by atoms with Crippen LogP contribution in [-0.4, -0.2) is 55.8 Å². The van der Waals surface area contributed by atoms with Crippen molar-refractivity contribution in [2.45, 2.75) is 18.9 Å². The van der Waals surface area contributed by atoms with Crippen molar-refractivity contribution in [3.8, 4) is 17.2 Å². The van der Waals surface area contributed by atoms with Crippen LogP contribution in [-0.2, 0) is 0 Å². The SMILES string of the molecule is C=CCN1CCCC1CNC(=O)c1c(O)c(Br)cc(OC)c1OC. The highest BCUT2D eigenvalue weighted by atomic mass is 79.9. The zero-order chi connectivity index (χ0) is 17.7. The molecule has 0 aliphatic carbocycles. The van der Waals surface area contributed by atoms with Gasteiger partial charge in [0.1, 0.15) is 11.3 Å². The number of hydrogen-bond donors (Lipinski definition) is 2. The van der Waals surface area contributed by atoms with Gasteiger partial charge in [0.05, 0.1) is 18.7 Å². The molecule has 2 rings (SSSR count). The van der Waals surface area contributed by atoms with E-state index in [9.17, 15) is 9.90 Å². The summed E-state index contributed by atoms with van der Waals surface area (Å²) in [5.74, 6) is 0.0282. The molecule has 1 atom stereocenters. The van der Waals surface area contributed by atoms with Gasteiger partial charge >= 0.3 is 0 Å². The van der Waals surface area contributed by atoms with Crippen LogP contribution in [0.5, 0.6) is 17.2 Å². The monoisotopic (exact) mass is 398 g/mol. The number of aromatic hydroxyl groups is 1. The van der Waals surface area contributed by atoms with Crippen molar-refractivity contribution in [2.75, 3.05) is 33.9 Å². The lowest BCUT2D eigenvalue weighted by molar-refractivity contribution is 0.0935. The maximum absolute atomic E-state index is 12.6. The molecule has 0 aromatic heterocycles. The number of benzene rings is 1. The molecular weight excluding hydrogens is 376 g/mol. The third kappa shape index (κ3) is 3.84. The van der Waals surface area contributed by atoms with Gasteiger partial charge in [-0.1, -0.05) is 6.08 Å². The summed E-state index contributed by atoms with van der Waals surface area (Å²) in [6, 6.07) is 1.84. The summed E-state index contributed by atoms with van der Waals surface area (Å²) in [4.78, 5) is 14.9. The number of nitrogens with one attached hydrogen (secondary N) is 1. The van der Waals surface area contributed by atoms with E-state index < -0.39 is 5.91 Å². The fraction of sp³-hybridized carbons (Fsp3) is 0.471. The van der Waals surface area contributed by atoms with E-state index in [2.05, 4.69) is 32.7 Å². The number of hydrogen-bond acceptors (Lipinski definition) is 5. The van der Waals surface area contributed by atoms with Crippen LogP contribution in [0.3, 0.4) is 0 Å². The Morgan fingerprint density at radius 2 is 2.29 bits per heavy atom. The number of carbonyl (C=O) groups excluding carboxylic acids is 1. The molecule has 1 amide bonds. The molecule has 132 valence electrons. The second kappa shape index (κ2) is 8.39. The summed E-state index contributed by atoms with van der Waals surface area (Å²) >= 11 is 3.23. The first-order valence-corrected chi connectivity index (χ1v) is 8.59. The van der Waals surface area contributed by atoms with Gasteiger partial charge in [-0.25, -0.2) is 0 Å². The molecule has 1 aliphatic heterocycles. The minimum Gasteiger partial charge on any atom is -0.506 e. The Morgan fingerprint density at radius 1 is 1.54 bits per heavy atom. The summed E-state index contributed by atoms with van der Waals surface area (Å²) in [5, 5.41) is 13.2. The van der Waals surface area contributed by atoms with Gasteiger partial charge in [0, 0.05) is 25.2 Å². The fourth-order valence-corrected chi connectivity index (χ4v) is 3.40. The molecular formula is C17H23BrN2O4. The maximum atomic E-state index is 12.6. The maximum Gasteiger partial charge on any atom is 0.259 e. The summed E-state index contributed by atoms with van der Waals surface area (Å²) in [6.07, 6.45) is 4.00. The van der Waals surface area contributed by atoms with Gasteiger partial charge < -0.3 is 19.9 Å². The van der Waals surface area contributed by atoms with Gasteiger partial charge in [-0.05, 0) is 35.3 Å². The Labute approximate surface area is 150 Å². The number of amides is 1. The lowest BCUT2D eigenvalue weighted by atomic mass is 10.1. The van der Waals surface area contributed by atoms with Crippen molar-refractivity contribution in [1.29, 1.82) is 0 Å². The van der Waals surface area contributed by atoms with Crippen LogP contribution in [0.4, 0.5) is 0 Å². The first-order valence-electron chi connectivity index (χ1n) is 7.80. The van der Waals surface area contributed by atoms with Gasteiger partial charge in [0.25, 0.3) is 5.91 Å². The number of rotatable bonds is 7. The van der Waals surface area contributed by atoms with E-state index in [1.807, 2.05) is 6.08 Å². The van der Waals surface area contributed by atoms with Crippen LogP contribution in [0.15, 0.2) is 23.2 Å². The minimum atomic E-state index is -0.394. The molecule has 7 heteroatoms. The predicted octanol–water partition coefficient (Wildman–Crippen LogP) is 2.55. The van der Waals surface area contributed by atoms with Crippen LogP contribution in [0.1, 0.15) is 23.2 Å². The second-order valence-corrected chi connectivity index (χ2v) is 6.46. The van der Waals surface area contributed by atoms with E-state index in [0.29, 0.717) is 16.8 Å². The molecule has 1 heterocycles. The normalized spacial score (nSPS) is 17.5. The molecule has 0 radical (unpaired) electrons. The Morgan fingerprint density at radius 3 is 2.92 bits per heavy atom. The number of phenolic OH excluding ortho intramolecular Hbond substituents is 1. The van der Waals surface area contributed by atoms with E-state index in [-0.39, 0.29) is 23.1 Å². The van der Waals surface area contributed by atoms with Crippen LogP contribution in [0.25, 0.3) is 0 Å². The van der Waals surface area contributed by atoms with Gasteiger partial charge in [0.15, 0.2) is 11.5 Å². The van der Waals surface area contributed by atoms with E-state index in [1.165, 1.54) is 14.2 Å². The average molecular weight is 399 g/mol. The van der Waals surface area contributed by atoms with Crippen molar-refractivity contribution >= 4 is 21.8 Å². The zero-order valence-corrected chi connectivity index (χ0v) is 15.6. The highest BCUT2D eigenvalue weighted by molar-refractivity contribution is 9.10. The summed E-state index contributed by atoms with van der Waals surface area (Å²) in [7, 11) is 2.92. The molecule has 1 fully saturated rings. The predicted molar refractivity (Wildman–Crippen MR) is 96.0 cm³/mol. The highest BCUT2D eigenvalue weighted by Crippen LogP contribution is 2.42. The fourth-order valence-electron chi connectivity index (χ4n) is 3.00. The van der Waals surface area contributed by atoms with Gasteiger partial charge in [-0.15, -0.1) is 6.58 Å². The first kappa shape index (κ1) is 18.6. The second-order valence-electron chi connectivity index (χ2n) is 5.61. The number of phenols is 1. The highest BCUT2D eigenvalue weighted by Gasteiger charge is 2.27. The molecule has 24 heavy (non-hydrogen) atoms. The number of nitrogens with zero attached hydrogens (tertiary/aromatic N) is 1. The van der Waals surface area contributed by atoms with E-state index in [0.717, 1.165) is 25.9 Å².